The zero-order valence-electron chi connectivity index (χ0n) is 13.0. The van der Waals surface area contributed by atoms with Crippen LogP contribution in [0, 0.1) is 0 Å². The third kappa shape index (κ3) is 4.04. The molecule has 1 aromatic carbocycles. The van der Waals surface area contributed by atoms with Crippen LogP contribution in [0.2, 0.25) is 10.0 Å². The molecule has 2 aromatic rings. The number of halogens is 4. The Balaban J connectivity index is 1.80. The molecule has 1 aliphatic heterocycles. The number of benzene rings is 1. The van der Waals surface area contributed by atoms with Gasteiger partial charge in [-0.05, 0) is 25.0 Å². The number of amides is 1. The van der Waals surface area contributed by atoms with Crippen LogP contribution in [0.5, 0.6) is 5.75 Å². The topological polar surface area (TPSA) is 56.1 Å². The van der Waals surface area contributed by atoms with E-state index in [0.717, 1.165) is 10.2 Å². The van der Waals surface area contributed by atoms with Gasteiger partial charge in [0.25, 0.3) is 12.3 Å². The van der Waals surface area contributed by atoms with E-state index >= 15 is 0 Å². The lowest BCUT2D eigenvalue weighted by atomic mass is 10.0. The van der Waals surface area contributed by atoms with Crippen molar-refractivity contribution in [2.45, 2.75) is 31.9 Å². The van der Waals surface area contributed by atoms with Crippen molar-refractivity contribution in [2.24, 2.45) is 0 Å². The van der Waals surface area contributed by atoms with E-state index in [1.54, 1.807) is 12.1 Å². The lowest BCUT2D eigenvalue weighted by Crippen LogP contribution is -2.29. The Hall–Kier alpha value is -1.86. The van der Waals surface area contributed by atoms with Crippen molar-refractivity contribution in [1.29, 1.82) is 0 Å². The minimum atomic E-state index is -2.53. The predicted octanol–water partition coefficient (Wildman–Crippen LogP) is 4.10. The van der Waals surface area contributed by atoms with Gasteiger partial charge in [-0.3, -0.25) is 9.48 Å². The van der Waals surface area contributed by atoms with Gasteiger partial charge in [0.1, 0.15) is 23.0 Å². The van der Waals surface area contributed by atoms with E-state index in [9.17, 15) is 13.6 Å². The van der Waals surface area contributed by atoms with Gasteiger partial charge in [-0.1, -0.05) is 29.3 Å². The summed E-state index contributed by atoms with van der Waals surface area (Å²) in [5.74, 6) is 0.0112. The molecule has 2 heterocycles. The summed E-state index contributed by atoms with van der Waals surface area (Å²) in [5, 5.41) is 7.41. The SMILES string of the molecule is O=C(N[C@H]1CCCOc2c1ccc(Cl)c2Cl)c1ccn(CC(F)F)n1. The second-order valence-corrected chi connectivity index (χ2v) is 6.40. The Morgan fingerprint density at radius 2 is 2.20 bits per heavy atom. The molecule has 9 heteroatoms. The lowest BCUT2D eigenvalue weighted by molar-refractivity contribution is 0.0924. The molecular weight excluding hydrogens is 375 g/mol. The first-order chi connectivity index (χ1) is 12.0. The molecule has 134 valence electrons. The van der Waals surface area contributed by atoms with Gasteiger partial charge in [0.15, 0.2) is 0 Å². The minimum Gasteiger partial charge on any atom is -0.492 e. The number of carbonyl (C=O) groups is 1. The molecule has 25 heavy (non-hydrogen) atoms. The number of nitrogens with one attached hydrogen (secondary N) is 1. The molecule has 0 saturated heterocycles. The molecule has 1 aromatic heterocycles. The number of carbonyl (C=O) groups excluding carboxylic acids is 1. The molecule has 0 saturated carbocycles. The molecule has 0 aliphatic carbocycles. The molecular formula is C16H15Cl2F2N3O2. The highest BCUT2D eigenvalue weighted by Gasteiger charge is 2.25. The van der Waals surface area contributed by atoms with E-state index in [0.29, 0.717) is 35.2 Å². The molecule has 0 spiro atoms. The average Bonchev–Trinajstić information content (AvgIpc) is 2.92. The van der Waals surface area contributed by atoms with Crippen LogP contribution in [0.4, 0.5) is 8.78 Å². The fourth-order valence-electron chi connectivity index (χ4n) is 2.69. The van der Waals surface area contributed by atoms with Gasteiger partial charge in [0.05, 0.1) is 17.7 Å². The summed E-state index contributed by atoms with van der Waals surface area (Å²) in [6, 6.07) is 4.48. The Labute approximate surface area is 152 Å². The van der Waals surface area contributed by atoms with Gasteiger partial charge in [-0.25, -0.2) is 8.78 Å². The van der Waals surface area contributed by atoms with Crippen LogP contribution in [0.3, 0.4) is 0 Å². The van der Waals surface area contributed by atoms with Gasteiger partial charge in [-0.2, -0.15) is 5.10 Å². The minimum absolute atomic E-state index is 0.0763. The molecule has 0 unspecified atom stereocenters. The Bertz CT molecular complexity index is 783. The van der Waals surface area contributed by atoms with E-state index in [1.165, 1.54) is 12.3 Å². The van der Waals surface area contributed by atoms with Gasteiger partial charge < -0.3 is 10.1 Å². The number of ether oxygens (including phenoxy) is 1. The summed E-state index contributed by atoms with van der Waals surface area (Å²) < 4.78 is 31.5. The molecule has 1 N–H and O–H groups in total. The normalized spacial score (nSPS) is 16.9. The second kappa shape index (κ2) is 7.58. The Kier molecular flexibility index (Phi) is 5.44. The van der Waals surface area contributed by atoms with Crippen LogP contribution in [0.15, 0.2) is 24.4 Å². The van der Waals surface area contributed by atoms with Crippen LogP contribution >= 0.6 is 23.2 Å². The smallest absolute Gasteiger partial charge is 0.272 e. The van der Waals surface area contributed by atoms with Crippen LogP contribution in [0.25, 0.3) is 0 Å². The van der Waals surface area contributed by atoms with Gasteiger partial charge in [-0.15, -0.1) is 0 Å². The average molecular weight is 390 g/mol. The summed E-state index contributed by atoms with van der Waals surface area (Å²) >= 11 is 12.2. The predicted molar refractivity (Wildman–Crippen MR) is 89.6 cm³/mol. The quantitative estimate of drug-likeness (QED) is 0.856. The van der Waals surface area contributed by atoms with Crippen molar-refractivity contribution in [1.82, 2.24) is 15.1 Å². The maximum atomic E-state index is 12.4. The van der Waals surface area contributed by atoms with Crippen LogP contribution in [0.1, 0.15) is 34.9 Å². The van der Waals surface area contributed by atoms with Crippen molar-refractivity contribution < 1.29 is 18.3 Å². The van der Waals surface area contributed by atoms with Gasteiger partial charge in [0.2, 0.25) is 0 Å². The van der Waals surface area contributed by atoms with Crippen molar-refractivity contribution in [2.75, 3.05) is 6.61 Å². The molecule has 5 nitrogen and oxygen atoms in total. The van der Waals surface area contributed by atoms with Gasteiger partial charge >= 0.3 is 0 Å². The number of nitrogens with zero attached hydrogens (tertiary/aromatic N) is 2. The first-order valence-electron chi connectivity index (χ1n) is 7.69. The van der Waals surface area contributed by atoms with E-state index in [4.69, 9.17) is 27.9 Å². The molecule has 1 aliphatic rings. The van der Waals surface area contributed by atoms with E-state index in [-0.39, 0.29) is 11.7 Å². The zero-order valence-corrected chi connectivity index (χ0v) is 14.5. The maximum Gasteiger partial charge on any atom is 0.272 e. The van der Waals surface area contributed by atoms with Gasteiger partial charge in [0, 0.05) is 11.8 Å². The fraction of sp³-hybridized carbons (Fsp3) is 0.375. The third-order valence-corrected chi connectivity index (χ3v) is 4.63. The number of fused-ring (bicyclic) bond motifs is 1. The Morgan fingerprint density at radius 1 is 1.40 bits per heavy atom. The largest absolute Gasteiger partial charge is 0.492 e. The third-order valence-electron chi connectivity index (χ3n) is 3.84. The zero-order chi connectivity index (χ0) is 18.0. The van der Waals surface area contributed by atoms with Crippen molar-refractivity contribution in [3.63, 3.8) is 0 Å². The fourth-order valence-corrected chi connectivity index (χ4v) is 3.07. The summed E-state index contributed by atoms with van der Waals surface area (Å²) in [4.78, 5) is 12.4. The van der Waals surface area contributed by atoms with Crippen molar-refractivity contribution in [3.8, 4) is 5.75 Å². The second-order valence-electron chi connectivity index (χ2n) is 5.61. The highest BCUT2D eigenvalue weighted by Crippen LogP contribution is 2.40. The number of aromatic nitrogens is 2. The highest BCUT2D eigenvalue weighted by atomic mass is 35.5. The maximum absolute atomic E-state index is 12.4. The summed E-state index contributed by atoms with van der Waals surface area (Å²) in [6.07, 6.45) is 0.178. The first kappa shape index (κ1) is 17.9. The summed E-state index contributed by atoms with van der Waals surface area (Å²) in [6.45, 7) is -0.0933. The molecule has 3 rings (SSSR count). The first-order valence-corrected chi connectivity index (χ1v) is 8.44. The lowest BCUT2D eigenvalue weighted by Gasteiger charge is -2.19. The Morgan fingerprint density at radius 3 is 2.96 bits per heavy atom. The van der Waals surface area contributed by atoms with Crippen LogP contribution < -0.4 is 10.1 Å². The highest BCUT2D eigenvalue weighted by molar-refractivity contribution is 6.43. The summed E-state index contributed by atoms with van der Waals surface area (Å²) in [5.41, 5.74) is 0.805. The standard InChI is InChI=1S/C16H15Cl2F2N3O2/c17-10-4-3-9-11(2-1-7-25-15(9)14(10)18)21-16(24)12-5-6-23(22-12)8-13(19)20/h3-6,11,13H,1-2,7-8H2,(H,21,24)/t11-/m0/s1. The van der Waals surface area contributed by atoms with E-state index < -0.39 is 18.9 Å². The van der Waals surface area contributed by atoms with E-state index in [2.05, 4.69) is 10.4 Å². The number of hydrogen-bond acceptors (Lipinski definition) is 3. The van der Waals surface area contributed by atoms with Crippen molar-refractivity contribution >= 4 is 29.1 Å². The van der Waals surface area contributed by atoms with E-state index in [1.807, 2.05) is 0 Å². The summed E-state index contributed by atoms with van der Waals surface area (Å²) in [7, 11) is 0. The number of hydrogen-bond donors (Lipinski definition) is 1. The molecule has 0 radical (unpaired) electrons. The molecule has 0 bridgehead atoms. The molecule has 1 atom stereocenters. The molecule has 0 fully saturated rings. The number of rotatable bonds is 4. The number of alkyl halides is 2. The van der Waals surface area contributed by atoms with Crippen LogP contribution in [-0.4, -0.2) is 28.7 Å². The monoisotopic (exact) mass is 389 g/mol. The van der Waals surface area contributed by atoms with Crippen molar-refractivity contribution in [3.05, 3.63) is 45.7 Å². The molecule has 1 amide bonds. The van der Waals surface area contributed by atoms with Crippen LogP contribution in [-0.2, 0) is 6.54 Å².